The lowest BCUT2D eigenvalue weighted by atomic mass is 10.4. The Bertz CT molecular complexity index is 336. The lowest BCUT2D eigenvalue weighted by Gasteiger charge is -2.25. The second-order valence-electron chi connectivity index (χ2n) is 3.03. The SMILES string of the molecule is C=CN1C=CN(C(CC)S(=O)(=O)O)C1. The summed E-state index contributed by atoms with van der Waals surface area (Å²) in [5.41, 5.74) is 0. The molecule has 0 saturated heterocycles. The van der Waals surface area contributed by atoms with Crippen molar-refractivity contribution in [2.45, 2.75) is 18.7 Å². The second kappa shape index (κ2) is 4.02. The molecular weight excluding hydrogens is 204 g/mol. The van der Waals surface area contributed by atoms with E-state index in [2.05, 4.69) is 6.58 Å². The smallest absolute Gasteiger partial charge is 0.286 e. The zero-order valence-electron chi connectivity index (χ0n) is 8.00. The highest BCUT2D eigenvalue weighted by Crippen LogP contribution is 2.16. The second-order valence-corrected chi connectivity index (χ2v) is 4.60. The third-order valence-corrected chi connectivity index (χ3v) is 3.37. The van der Waals surface area contributed by atoms with Gasteiger partial charge in [0.2, 0.25) is 0 Å². The number of rotatable bonds is 4. The van der Waals surface area contributed by atoms with Crippen LogP contribution in [-0.4, -0.2) is 34.8 Å². The lowest BCUT2D eigenvalue weighted by Crippen LogP contribution is -2.37. The Morgan fingerprint density at radius 1 is 1.64 bits per heavy atom. The minimum absolute atomic E-state index is 0.341. The van der Waals surface area contributed by atoms with Crippen LogP contribution in [0.15, 0.2) is 25.2 Å². The summed E-state index contributed by atoms with van der Waals surface area (Å²) in [5.74, 6) is 0. The van der Waals surface area contributed by atoms with Gasteiger partial charge in [-0.2, -0.15) is 8.42 Å². The van der Waals surface area contributed by atoms with Crippen LogP contribution in [0.2, 0.25) is 0 Å². The summed E-state index contributed by atoms with van der Waals surface area (Å²) >= 11 is 0. The van der Waals surface area contributed by atoms with E-state index >= 15 is 0 Å². The van der Waals surface area contributed by atoms with Gasteiger partial charge in [0, 0.05) is 12.4 Å². The van der Waals surface area contributed by atoms with Gasteiger partial charge in [-0.05, 0) is 12.6 Å². The molecule has 0 saturated carbocycles. The van der Waals surface area contributed by atoms with Gasteiger partial charge in [0.1, 0.15) is 0 Å². The highest BCUT2D eigenvalue weighted by molar-refractivity contribution is 7.86. The molecule has 5 nitrogen and oxygen atoms in total. The maximum absolute atomic E-state index is 11.0. The summed E-state index contributed by atoms with van der Waals surface area (Å²) in [6.07, 6.45) is 5.27. The Morgan fingerprint density at radius 2 is 2.29 bits per heavy atom. The predicted molar refractivity (Wildman–Crippen MR) is 53.5 cm³/mol. The molecule has 0 bridgehead atoms. The zero-order valence-corrected chi connectivity index (χ0v) is 8.81. The molecule has 1 aliphatic heterocycles. The van der Waals surface area contributed by atoms with Crippen molar-refractivity contribution in [2.24, 2.45) is 0 Å². The Hall–Kier alpha value is -1.01. The summed E-state index contributed by atoms with van der Waals surface area (Å²) in [6.45, 7) is 5.68. The van der Waals surface area contributed by atoms with Gasteiger partial charge in [0.25, 0.3) is 10.1 Å². The number of hydrogen-bond acceptors (Lipinski definition) is 4. The van der Waals surface area contributed by atoms with Gasteiger partial charge in [-0.25, -0.2) is 0 Å². The molecule has 0 fully saturated rings. The zero-order chi connectivity index (χ0) is 10.8. The highest BCUT2D eigenvalue weighted by atomic mass is 32.2. The van der Waals surface area contributed by atoms with Crippen LogP contribution in [0.25, 0.3) is 0 Å². The third kappa shape index (κ3) is 2.27. The van der Waals surface area contributed by atoms with Gasteiger partial charge >= 0.3 is 0 Å². The van der Waals surface area contributed by atoms with Crippen molar-refractivity contribution in [1.82, 2.24) is 9.80 Å². The van der Waals surface area contributed by atoms with Crippen LogP contribution in [0.5, 0.6) is 0 Å². The van der Waals surface area contributed by atoms with E-state index in [1.165, 1.54) is 0 Å². The molecule has 0 aromatic rings. The van der Waals surface area contributed by atoms with Crippen molar-refractivity contribution in [3.8, 4) is 0 Å². The third-order valence-electron chi connectivity index (χ3n) is 2.07. The van der Waals surface area contributed by atoms with Gasteiger partial charge in [-0.3, -0.25) is 4.55 Å². The first-order valence-corrected chi connectivity index (χ1v) is 5.78. The van der Waals surface area contributed by atoms with Crippen LogP contribution in [0.1, 0.15) is 13.3 Å². The van der Waals surface area contributed by atoms with Gasteiger partial charge in [0.05, 0.1) is 6.67 Å². The molecule has 0 radical (unpaired) electrons. The molecule has 0 spiro atoms. The van der Waals surface area contributed by atoms with Crippen LogP contribution in [0.3, 0.4) is 0 Å². The van der Waals surface area contributed by atoms with E-state index in [-0.39, 0.29) is 0 Å². The monoisotopic (exact) mass is 218 g/mol. The summed E-state index contributed by atoms with van der Waals surface area (Å²) in [7, 11) is -4.02. The fraction of sp³-hybridized carbons (Fsp3) is 0.500. The molecule has 14 heavy (non-hydrogen) atoms. The van der Waals surface area contributed by atoms with E-state index < -0.39 is 15.5 Å². The van der Waals surface area contributed by atoms with Crippen molar-refractivity contribution >= 4 is 10.1 Å². The van der Waals surface area contributed by atoms with E-state index in [9.17, 15) is 8.42 Å². The molecule has 0 aromatic heterocycles. The molecule has 0 aliphatic carbocycles. The predicted octanol–water partition coefficient (Wildman–Crippen LogP) is 0.800. The molecule has 1 unspecified atom stereocenters. The van der Waals surface area contributed by atoms with Crippen LogP contribution in [0, 0.1) is 0 Å². The minimum atomic E-state index is -4.02. The van der Waals surface area contributed by atoms with Crippen molar-refractivity contribution in [3.63, 3.8) is 0 Å². The molecular formula is C8H14N2O3S. The van der Waals surface area contributed by atoms with Crippen LogP contribution >= 0.6 is 0 Å². The molecule has 1 N–H and O–H groups in total. The molecule has 6 heteroatoms. The Labute approximate surface area is 84.1 Å². The number of hydrogen-bond donors (Lipinski definition) is 1. The fourth-order valence-corrected chi connectivity index (χ4v) is 2.28. The first-order valence-electron chi connectivity index (χ1n) is 4.27. The van der Waals surface area contributed by atoms with Gasteiger partial charge in [-0.15, -0.1) is 0 Å². The van der Waals surface area contributed by atoms with Crippen LogP contribution in [-0.2, 0) is 10.1 Å². The van der Waals surface area contributed by atoms with E-state index in [4.69, 9.17) is 4.55 Å². The van der Waals surface area contributed by atoms with Crippen molar-refractivity contribution < 1.29 is 13.0 Å². The first-order chi connectivity index (χ1) is 6.49. The Kier molecular flexibility index (Phi) is 3.17. The average molecular weight is 218 g/mol. The molecule has 1 rings (SSSR count). The molecule has 1 aliphatic rings. The van der Waals surface area contributed by atoms with Crippen LogP contribution < -0.4 is 0 Å². The summed E-state index contributed by atoms with van der Waals surface area (Å²) < 4.78 is 30.9. The van der Waals surface area contributed by atoms with E-state index in [1.54, 1.807) is 35.3 Å². The molecule has 0 amide bonds. The summed E-state index contributed by atoms with van der Waals surface area (Å²) in [4.78, 5) is 3.28. The van der Waals surface area contributed by atoms with E-state index in [1.807, 2.05) is 0 Å². The molecule has 80 valence electrons. The molecule has 1 atom stereocenters. The largest absolute Gasteiger partial charge is 0.340 e. The Balaban J connectivity index is 2.75. The summed E-state index contributed by atoms with van der Waals surface area (Å²) in [5, 5.41) is -0.872. The number of nitrogens with zero attached hydrogens (tertiary/aromatic N) is 2. The minimum Gasteiger partial charge on any atom is -0.340 e. The lowest BCUT2D eigenvalue weighted by molar-refractivity contribution is 0.273. The maximum Gasteiger partial charge on any atom is 0.286 e. The van der Waals surface area contributed by atoms with Crippen molar-refractivity contribution in [1.29, 1.82) is 0 Å². The molecule has 0 aromatic carbocycles. The van der Waals surface area contributed by atoms with Crippen LogP contribution in [0.4, 0.5) is 0 Å². The van der Waals surface area contributed by atoms with Crippen molar-refractivity contribution in [2.75, 3.05) is 6.67 Å². The normalized spacial score (nSPS) is 18.7. The van der Waals surface area contributed by atoms with Gasteiger partial charge < -0.3 is 9.80 Å². The van der Waals surface area contributed by atoms with Crippen molar-refractivity contribution in [3.05, 3.63) is 25.2 Å². The van der Waals surface area contributed by atoms with E-state index in [0.717, 1.165) is 0 Å². The fourth-order valence-electron chi connectivity index (χ4n) is 1.38. The van der Waals surface area contributed by atoms with Gasteiger partial charge in [-0.1, -0.05) is 13.5 Å². The van der Waals surface area contributed by atoms with E-state index in [0.29, 0.717) is 13.1 Å². The standard InChI is InChI=1S/C8H14N2O3S/c1-3-8(14(11,12)13)10-6-5-9(4-2)7-10/h4-6,8H,2-3,7H2,1H3,(H,11,12,13). The summed E-state index contributed by atoms with van der Waals surface area (Å²) in [6, 6.07) is 0. The first kappa shape index (κ1) is 11.1. The topological polar surface area (TPSA) is 60.9 Å². The molecule has 1 heterocycles. The Morgan fingerprint density at radius 3 is 2.64 bits per heavy atom. The quantitative estimate of drug-likeness (QED) is 0.707. The average Bonchev–Trinajstić information content (AvgIpc) is 2.51. The van der Waals surface area contributed by atoms with Gasteiger partial charge in [0.15, 0.2) is 5.37 Å². The highest BCUT2D eigenvalue weighted by Gasteiger charge is 2.28. The maximum atomic E-state index is 11.0.